The molecule has 3 rings (SSSR count). The molecule has 3 heterocycles. The smallest absolute Gasteiger partial charge is 0.275 e. The third kappa shape index (κ3) is 3.98. The van der Waals surface area contributed by atoms with Gasteiger partial charge in [-0.05, 0) is 32.4 Å². The summed E-state index contributed by atoms with van der Waals surface area (Å²) in [6.45, 7) is 4.34. The first kappa shape index (κ1) is 17.4. The Morgan fingerprint density at radius 3 is 2.84 bits per heavy atom. The van der Waals surface area contributed by atoms with Crippen molar-refractivity contribution in [3.05, 3.63) is 35.9 Å². The maximum atomic E-state index is 12.3. The molecule has 25 heavy (non-hydrogen) atoms. The van der Waals surface area contributed by atoms with Gasteiger partial charge in [0.2, 0.25) is 0 Å². The molecule has 8 nitrogen and oxygen atoms in total. The minimum Gasteiger partial charge on any atom is -0.368 e. The number of amides is 1. The number of nitrogens with one attached hydrogen (secondary N) is 1. The van der Waals surface area contributed by atoms with E-state index in [-0.39, 0.29) is 23.2 Å². The molecule has 1 aliphatic heterocycles. The molecule has 1 fully saturated rings. The quantitative estimate of drug-likeness (QED) is 0.860. The first-order chi connectivity index (χ1) is 11.9. The van der Waals surface area contributed by atoms with Gasteiger partial charge >= 0.3 is 0 Å². The molecule has 0 radical (unpaired) electrons. The molecule has 2 aromatic rings. The van der Waals surface area contributed by atoms with Crippen molar-refractivity contribution < 1.29 is 17.7 Å². The number of carbonyl (C=O) groups excluding carboxylic acids is 1. The maximum Gasteiger partial charge on any atom is 0.275 e. The normalized spacial score (nSPS) is 18.9. The van der Waals surface area contributed by atoms with Crippen molar-refractivity contribution in [3.8, 4) is 0 Å². The van der Waals surface area contributed by atoms with Gasteiger partial charge in [-0.1, -0.05) is 5.16 Å². The third-order valence-electron chi connectivity index (χ3n) is 4.17. The third-order valence-corrected chi connectivity index (χ3v) is 5.92. The minimum atomic E-state index is -2.98. The summed E-state index contributed by atoms with van der Waals surface area (Å²) < 4.78 is 28.4. The average Bonchev–Trinajstić information content (AvgIpc) is 3.14. The van der Waals surface area contributed by atoms with Crippen LogP contribution in [0.5, 0.6) is 0 Å². The van der Waals surface area contributed by atoms with Gasteiger partial charge in [-0.2, -0.15) is 0 Å². The highest BCUT2D eigenvalue weighted by molar-refractivity contribution is 7.91. The first-order valence-corrected chi connectivity index (χ1v) is 9.88. The van der Waals surface area contributed by atoms with E-state index in [9.17, 15) is 13.2 Å². The van der Waals surface area contributed by atoms with Crippen LogP contribution in [0.15, 0.2) is 28.9 Å². The van der Waals surface area contributed by atoms with Crippen LogP contribution in [-0.4, -0.2) is 48.6 Å². The van der Waals surface area contributed by atoms with Crippen molar-refractivity contribution in [1.29, 1.82) is 0 Å². The molecule has 1 unspecified atom stereocenters. The number of nitrogens with zero attached hydrogens (tertiary/aromatic N) is 3. The lowest BCUT2D eigenvalue weighted by molar-refractivity contribution is 0.102. The predicted octanol–water partition coefficient (Wildman–Crippen LogP) is 1.64. The summed E-state index contributed by atoms with van der Waals surface area (Å²) in [4.78, 5) is 18.4. The number of carbonyl (C=O) groups is 1. The molecule has 0 aliphatic carbocycles. The second-order valence-corrected chi connectivity index (χ2v) is 8.25. The van der Waals surface area contributed by atoms with Crippen LogP contribution in [0.4, 0.5) is 11.5 Å². The van der Waals surface area contributed by atoms with E-state index in [0.29, 0.717) is 24.5 Å². The van der Waals surface area contributed by atoms with Crippen molar-refractivity contribution in [2.75, 3.05) is 28.3 Å². The van der Waals surface area contributed by atoms with E-state index in [2.05, 4.69) is 15.5 Å². The van der Waals surface area contributed by atoms with Gasteiger partial charge in [0.25, 0.3) is 5.91 Å². The largest absolute Gasteiger partial charge is 0.368 e. The zero-order chi connectivity index (χ0) is 18.0. The molecular weight excluding hydrogens is 344 g/mol. The van der Waals surface area contributed by atoms with Crippen molar-refractivity contribution in [1.82, 2.24) is 10.1 Å². The van der Waals surface area contributed by atoms with E-state index in [1.165, 1.54) is 0 Å². The number of rotatable bonds is 5. The summed E-state index contributed by atoms with van der Waals surface area (Å²) in [6.07, 6.45) is 2.14. The topological polar surface area (TPSA) is 105 Å². The summed E-state index contributed by atoms with van der Waals surface area (Å²) in [5, 5.41) is 6.35. The number of hydrogen-bond acceptors (Lipinski definition) is 7. The molecule has 0 aromatic carbocycles. The molecule has 1 N–H and O–H groups in total. The standard InChI is InChI=1S/C16H20N4O4S/c1-3-20(13-5-7-25(22,23)10-13)12-4-6-17-14(9-12)16(21)18-15-8-11(2)24-19-15/h4,6,8-9,13H,3,5,7,10H2,1-2H3,(H,18,19,21). The highest BCUT2D eigenvalue weighted by atomic mass is 32.2. The van der Waals surface area contributed by atoms with Gasteiger partial charge in [0.15, 0.2) is 15.7 Å². The molecule has 9 heteroatoms. The van der Waals surface area contributed by atoms with Gasteiger partial charge in [0.05, 0.1) is 11.5 Å². The summed E-state index contributed by atoms with van der Waals surface area (Å²) in [7, 11) is -2.98. The summed E-state index contributed by atoms with van der Waals surface area (Å²) in [6, 6.07) is 4.98. The van der Waals surface area contributed by atoms with Crippen LogP contribution in [0.3, 0.4) is 0 Å². The Kier molecular flexibility index (Phi) is 4.76. The monoisotopic (exact) mass is 364 g/mol. The van der Waals surface area contributed by atoms with Gasteiger partial charge < -0.3 is 14.7 Å². The van der Waals surface area contributed by atoms with Gasteiger partial charge in [-0.3, -0.25) is 9.78 Å². The fourth-order valence-electron chi connectivity index (χ4n) is 3.00. The van der Waals surface area contributed by atoms with Crippen LogP contribution in [0.1, 0.15) is 29.6 Å². The average molecular weight is 364 g/mol. The lowest BCUT2D eigenvalue weighted by atomic mass is 10.2. The van der Waals surface area contributed by atoms with E-state index in [4.69, 9.17) is 4.52 Å². The Hall–Kier alpha value is -2.42. The molecule has 1 amide bonds. The van der Waals surface area contributed by atoms with Gasteiger partial charge in [-0.15, -0.1) is 0 Å². The number of hydrogen-bond donors (Lipinski definition) is 1. The first-order valence-electron chi connectivity index (χ1n) is 8.06. The van der Waals surface area contributed by atoms with E-state index in [1.807, 2.05) is 11.8 Å². The number of aryl methyl sites for hydroxylation is 1. The molecule has 1 aliphatic rings. The zero-order valence-corrected chi connectivity index (χ0v) is 14.9. The molecule has 0 spiro atoms. The van der Waals surface area contributed by atoms with Crippen LogP contribution in [-0.2, 0) is 9.84 Å². The molecular formula is C16H20N4O4S. The SMILES string of the molecule is CCN(c1ccnc(C(=O)Nc2cc(C)on2)c1)C1CCS(=O)(=O)C1. The molecule has 0 saturated carbocycles. The van der Waals surface area contributed by atoms with Crippen LogP contribution in [0.25, 0.3) is 0 Å². The number of pyridine rings is 1. The Balaban J connectivity index is 1.79. The van der Waals surface area contributed by atoms with Gasteiger partial charge in [0.1, 0.15) is 11.5 Å². The molecule has 1 atom stereocenters. The summed E-state index contributed by atoms with van der Waals surface area (Å²) >= 11 is 0. The highest BCUT2D eigenvalue weighted by Crippen LogP contribution is 2.24. The van der Waals surface area contributed by atoms with Crippen molar-refractivity contribution in [3.63, 3.8) is 0 Å². The fourth-order valence-corrected chi connectivity index (χ4v) is 4.73. The van der Waals surface area contributed by atoms with Gasteiger partial charge in [0, 0.05) is 30.5 Å². The maximum absolute atomic E-state index is 12.3. The molecule has 1 saturated heterocycles. The van der Waals surface area contributed by atoms with E-state index < -0.39 is 15.7 Å². The van der Waals surface area contributed by atoms with Crippen LogP contribution < -0.4 is 10.2 Å². The van der Waals surface area contributed by atoms with Crippen molar-refractivity contribution in [2.24, 2.45) is 0 Å². The highest BCUT2D eigenvalue weighted by Gasteiger charge is 2.32. The number of anilines is 2. The van der Waals surface area contributed by atoms with Crippen LogP contribution in [0.2, 0.25) is 0 Å². The van der Waals surface area contributed by atoms with Crippen LogP contribution in [0, 0.1) is 6.92 Å². The number of sulfone groups is 1. The summed E-state index contributed by atoms with van der Waals surface area (Å²) in [5.41, 5.74) is 1.01. The summed E-state index contributed by atoms with van der Waals surface area (Å²) in [5.74, 6) is 0.867. The minimum absolute atomic E-state index is 0.0773. The molecule has 2 aromatic heterocycles. The van der Waals surface area contributed by atoms with E-state index in [1.54, 1.807) is 31.3 Å². The second kappa shape index (κ2) is 6.83. The van der Waals surface area contributed by atoms with E-state index >= 15 is 0 Å². The molecule has 134 valence electrons. The Morgan fingerprint density at radius 2 is 2.24 bits per heavy atom. The Bertz CT molecular complexity index is 878. The fraction of sp³-hybridized carbons (Fsp3) is 0.438. The Labute approximate surface area is 146 Å². The van der Waals surface area contributed by atoms with Crippen molar-refractivity contribution in [2.45, 2.75) is 26.3 Å². The van der Waals surface area contributed by atoms with E-state index in [0.717, 1.165) is 5.69 Å². The van der Waals surface area contributed by atoms with Crippen molar-refractivity contribution >= 4 is 27.2 Å². The van der Waals surface area contributed by atoms with Crippen LogP contribution >= 0.6 is 0 Å². The second-order valence-electron chi connectivity index (χ2n) is 6.02. The van der Waals surface area contributed by atoms with Gasteiger partial charge in [-0.25, -0.2) is 8.42 Å². The zero-order valence-electron chi connectivity index (χ0n) is 14.1. The molecule has 0 bridgehead atoms. The predicted molar refractivity (Wildman–Crippen MR) is 93.5 cm³/mol. The number of aromatic nitrogens is 2. The lowest BCUT2D eigenvalue weighted by Gasteiger charge is -2.29. The Morgan fingerprint density at radius 1 is 1.44 bits per heavy atom. The lowest BCUT2D eigenvalue weighted by Crippen LogP contribution is -2.36.